The summed E-state index contributed by atoms with van der Waals surface area (Å²) in [5.41, 5.74) is 3.10. The van der Waals surface area contributed by atoms with Crippen LogP contribution in [0, 0.1) is 18.7 Å². The number of aromatic nitrogens is 2. The van der Waals surface area contributed by atoms with E-state index in [1.54, 1.807) is 36.2 Å². The number of nitrogens with zero attached hydrogens (tertiary/aromatic N) is 3. The van der Waals surface area contributed by atoms with E-state index in [1.165, 1.54) is 6.07 Å². The SMILES string of the molecule is CCOC(=O)C1CCN(C(=O)CC(c2ccccc2F)c2cnc3cc(C)ccn23)CC1. The van der Waals surface area contributed by atoms with Crippen molar-refractivity contribution in [2.75, 3.05) is 19.7 Å². The summed E-state index contributed by atoms with van der Waals surface area (Å²) in [6.07, 6.45) is 4.95. The fourth-order valence-electron chi connectivity index (χ4n) is 4.42. The lowest BCUT2D eigenvalue weighted by Crippen LogP contribution is -2.41. The van der Waals surface area contributed by atoms with Crippen LogP contribution in [0.2, 0.25) is 0 Å². The number of imidazole rings is 1. The Labute approximate surface area is 187 Å². The highest BCUT2D eigenvalue weighted by molar-refractivity contribution is 5.78. The monoisotopic (exact) mass is 437 g/mol. The molecular formula is C25H28FN3O3. The first-order valence-electron chi connectivity index (χ1n) is 11.1. The first kappa shape index (κ1) is 22.0. The van der Waals surface area contributed by atoms with Gasteiger partial charge in [-0.2, -0.15) is 0 Å². The van der Waals surface area contributed by atoms with E-state index in [0.29, 0.717) is 38.1 Å². The summed E-state index contributed by atoms with van der Waals surface area (Å²) in [5.74, 6) is -1.21. The van der Waals surface area contributed by atoms with E-state index in [-0.39, 0.29) is 30.0 Å². The highest BCUT2D eigenvalue weighted by atomic mass is 19.1. The number of hydrogen-bond donors (Lipinski definition) is 0. The molecule has 3 heterocycles. The number of carbonyl (C=O) groups excluding carboxylic acids is 2. The average Bonchev–Trinajstić information content (AvgIpc) is 3.21. The lowest BCUT2D eigenvalue weighted by Gasteiger charge is -2.32. The van der Waals surface area contributed by atoms with Crippen LogP contribution in [0.1, 0.15) is 48.9 Å². The Bertz CT molecular complexity index is 1120. The molecule has 1 aliphatic rings. The Kier molecular flexibility index (Phi) is 6.53. The molecule has 0 aliphatic carbocycles. The van der Waals surface area contributed by atoms with Gasteiger partial charge in [0.1, 0.15) is 11.5 Å². The average molecular weight is 438 g/mol. The number of halogens is 1. The molecule has 0 bridgehead atoms. The van der Waals surface area contributed by atoms with E-state index in [0.717, 1.165) is 16.9 Å². The van der Waals surface area contributed by atoms with Crippen LogP contribution in [0.4, 0.5) is 4.39 Å². The van der Waals surface area contributed by atoms with Crippen molar-refractivity contribution in [3.63, 3.8) is 0 Å². The van der Waals surface area contributed by atoms with Gasteiger partial charge in [-0.05, 0) is 56.0 Å². The van der Waals surface area contributed by atoms with E-state index in [2.05, 4.69) is 4.98 Å². The number of ether oxygens (including phenoxy) is 1. The van der Waals surface area contributed by atoms with Gasteiger partial charge in [-0.15, -0.1) is 0 Å². The molecule has 32 heavy (non-hydrogen) atoms. The molecule has 168 valence electrons. The molecule has 7 heteroatoms. The fourth-order valence-corrected chi connectivity index (χ4v) is 4.42. The van der Waals surface area contributed by atoms with Crippen molar-refractivity contribution >= 4 is 17.5 Å². The van der Waals surface area contributed by atoms with Gasteiger partial charge >= 0.3 is 5.97 Å². The zero-order valence-corrected chi connectivity index (χ0v) is 18.5. The Morgan fingerprint density at radius 2 is 1.97 bits per heavy atom. The molecule has 1 saturated heterocycles. The number of aryl methyl sites for hydroxylation is 1. The summed E-state index contributed by atoms with van der Waals surface area (Å²) in [6.45, 7) is 5.14. The van der Waals surface area contributed by atoms with Crippen LogP contribution in [0.5, 0.6) is 0 Å². The number of esters is 1. The molecule has 0 spiro atoms. The third kappa shape index (κ3) is 4.52. The van der Waals surface area contributed by atoms with Crippen molar-refractivity contribution in [3.8, 4) is 0 Å². The number of carbonyl (C=O) groups is 2. The topological polar surface area (TPSA) is 63.9 Å². The van der Waals surface area contributed by atoms with E-state index in [1.807, 2.05) is 29.7 Å². The van der Waals surface area contributed by atoms with Gasteiger partial charge < -0.3 is 14.0 Å². The molecule has 1 amide bonds. The number of pyridine rings is 1. The minimum atomic E-state index is -0.468. The van der Waals surface area contributed by atoms with E-state index in [4.69, 9.17) is 4.74 Å². The lowest BCUT2D eigenvalue weighted by atomic mass is 9.90. The Morgan fingerprint density at radius 3 is 2.69 bits per heavy atom. The number of fused-ring (bicyclic) bond motifs is 1. The van der Waals surface area contributed by atoms with Crippen LogP contribution < -0.4 is 0 Å². The molecule has 0 N–H and O–H groups in total. The van der Waals surface area contributed by atoms with Crippen LogP contribution in [0.15, 0.2) is 48.8 Å². The first-order valence-corrected chi connectivity index (χ1v) is 11.1. The van der Waals surface area contributed by atoms with Crippen LogP contribution in [0.25, 0.3) is 5.65 Å². The molecule has 0 saturated carbocycles. The summed E-state index contributed by atoms with van der Waals surface area (Å²) >= 11 is 0. The van der Waals surface area contributed by atoms with E-state index < -0.39 is 5.92 Å². The number of piperidine rings is 1. The molecule has 1 aromatic carbocycles. The standard InChI is InChI=1S/C25H28FN3O3/c1-3-32-25(31)18-9-11-28(12-10-18)24(30)15-20(19-6-4-5-7-21(19)26)22-16-27-23-14-17(2)8-13-29(22)23/h4-8,13-14,16,18,20H,3,9-12,15H2,1-2H3. The summed E-state index contributed by atoms with van der Waals surface area (Å²) in [6, 6.07) is 10.5. The van der Waals surface area contributed by atoms with Gasteiger partial charge in [-0.1, -0.05) is 18.2 Å². The zero-order valence-electron chi connectivity index (χ0n) is 18.5. The van der Waals surface area contributed by atoms with Crippen LogP contribution in [-0.4, -0.2) is 45.9 Å². The van der Waals surface area contributed by atoms with Crippen LogP contribution >= 0.6 is 0 Å². The summed E-state index contributed by atoms with van der Waals surface area (Å²) < 4.78 is 21.8. The minimum Gasteiger partial charge on any atom is -0.466 e. The van der Waals surface area contributed by atoms with Gasteiger partial charge in [0, 0.05) is 37.8 Å². The smallest absolute Gasteiger partial charge is 0.309 e. The minimum absolute atomic E-state index is 0.0531. The summed E-state index contributed by atoms with van der Waals surface area (Å²) in [5, 5.41) is 0. The van der Waals surface area contributed by atoms with Gasteiger partial charge in [-0.3, -0.25) is 9.59 Å². The predicted molar refractivity (Wildman–Crippen MR) is 119 cm³/mol. The maximum atomic E-state index is 14.8. The van der Waals surface area contributed by atoms with Crippen molar-refractivity contribution in [1.29, 1.82) is 0 Å². The lowest BCUT2D eigenvalue weighted by molar-refractivity contribution is -0.151. The van der Waals surface area contributed by atoms with Crippen molar-refractivity contribution in [3.05, 3.63) is 71.4 Å². The number of rotatable bonds is 6. The normalized spacial score (nSPS) is 15.7. The highest BCUT2D eigenvalue weighted by Gasteiger charge is 2.31. The van der Waals surface area contributed by atoms with Crippen molar-refractivity contribution in [2.45, 2.75) is 39.0 Å². The first-order chi connectivity index (χ1) is 15.5. The second-order valence-corrected chi connectivity index (χ2v) is 8.30. The number of likely N-dealkylation sites (tertiary alicyclic amines) is 1. The number of hydrogen-bond acceptors (Lipinski definition) is 4. The van der Waals surface area contributed by atoms with Crippen molar-refractivity contribution in [2.24, 2.45) is 5.92 Å². The highest BCUT2D eigenvalue weighted by Crippen LogP contribution is 2.32. The van der Waals surface area contributed by atoms with E-state index in [9.17, 15) is 14.0 Å². The summed E-state index contributed by atoms with van der Waals surface area (Å²) in [4.78, 5) is 31.5. The maximum Gasteiger partial charge on any atom is 0.309 e. The van der Waals surface area contributed by atoms with Crippen LogP contribution in [0.3, 0.4) is 0 Å². The molecule has 2 aromatic heterocycles. The molecular weight excluding hydrogens is 409 g/mol. The third-order valence-electron chi connectivity index (χ3n) is 6.18. The van der Waals surface area contributed by atoms with Gasteiger partial charge in [-0.25, -0.2) is 9.37 Å². The van der Waals surface area contributed by atoms with Gasteiger partial charge in [0.25, 0.3) is 0 Å². The molecule has 0 radical (unpaired) electrons. The van der Waals surface area contributed by atoms with Crippen molar-refractivity contribution in [1.82, 2.24) is 14.3 Å². The molecule has 3 aromatic rings. The van der Waals surface area contributed by atoms with Crippen molar-refractivity contribution < 1.29 is 18.7 Å². The Hall–Kier alpha value is -3.22. The maximum absolute atomic E-state index is 14.8. The largest absolute Gasteiger partial charge is 0.466 e. The molecule has 1 unspecified atom stereocenters. The van der Waals surface area contributed by atoms with Gasteiger partial charge in [0.15, 0.2) is 0 Å². The predicted octanol–water partition coefficient (Wildman–Crippen LogP) is 4.11. The third-order valence-corrected chi connectivity index (χ3v) is 6.18. The van der Waals surface area contributed by atoms with Crippen LogP contribution in [-0.2, 0) is 14.3 Å². The number of amides is 1. The Morgan fingerprint density at radius 1 is 1.22 bits per heavy atom. The molecule has 1 aliphatic heterocycles. The second-order valence-electron chi connectivity index (χ2n) is 8.30. The molecule has 6 nitrogen and oxygen atoms in total. The zero-order chi connectivity index (χ0) is 22.7. The fraction of sp³-hybridized carbons (Fsp3) is 0.400. The summed E-state index contributed by atoms with van der Waals surface area (Å²) in [7, 11) is 0. The molecule has 4 rings (SSSR count). The number of benzene rings is 1. The van der Waals surface area contributed by atoms with Gasteiger partial charge in [0.05, 0.1) is 18.2 Å². The molecule has 1 atom stereocenters. The Balaban J connectivity index is 1.57. The quantitative estimate of drug-likeness (QED) is 0.545. The van der Waals surface area contributed by atoms with E-state index >= 15 is 0 Å². The van der Waals surface area contributed by atoms with Gasteiger partial charge in [0.2, 0.25) is 5.91 Å². The molecule has 1 fully saturated rings. The second kappa shape index (κ2) is 9.51.